The average Bonchev–Trinajstić information content (AvgIpc) is 3.79. The Morgan fingerprint density at radius 2 is 1.96 bits per heavy atom. The lowest BCUT2D eigenvalue weighted by Gasteiger charge is -2.29. The number of hydrogen-bond acceptors (Lipinski definition) is 7. The molecule has 46 heavy (non-hydrogen) atoms. The van der Waals surface area contributed by atoms with Crippen LogP contribution in [0.15, 0.2) is 79.4 Å². The number of carbonyl (C=O) groups excluding carboxylic acids is 2. The summed E-state index contributed by atoms with van der Waals surface area (Å²) < 4.78 is 34.3. The molecule has 2 aliphatic heterocycles. The summed E-state index contributed by atoms with van der Waals surface area (Å²) in [6.45, 7) is -0.380. The fourth-order valence-corrected chi connectivity index (χ4v) is 6.95. The molecule has 2 atom stereocenters. The topological polar surface area (TPSA) is 110 Å². The molecule has 236 valence electrons. The van der Waals surface area contributed by atoms with Crippen molar-refractivity contribution in [2.75, 3.05) is 38.5 Å². The van der Waals surface area contributed by atoms with Gasteiger partial charge in [0.05, 0.1) is 11.9 Å². The van der Waals surface area contributed by atoms with Crippen LogP contribution in [0, 0.1) is 5.92 Å². The lowest BCUT2D eigenvalue weighted by atomic mass is 9.75. The van der Waals surface area contributed by atoms with Gasteiger partial charge in [-0.25, -0.2) is 9.50 Å². The van der Waals surface area contributed by atoms with Gasteiger partial charge in [0.2, 0.25) is 5.91 Å². The van der Waals surface area contributed by atoms with Crippen LogP contribution in [0.4, 0.5) is 14.5 Å². The molecule has 5 aromatic rings. The number of alkyl halides is 2. The number of benzene rings is 2. The Labute approximate surface area is 267 Å². The van der Waals surface area contributed by atoms with E-state index in [1.807, 2.05) is 23.1 Å². The second kappa shape index (κ2) is 11.8. The summed E-state index contributed by atoms with van der Waals surface area (Å²) in [5.74, 6) is -0.626. The van der Waals surface area contributed by atoms with Crippen molar-refractivity contribution in [3.63, 3.8) is 0 Å². The van der Waals surface area contributed by atoms with Gasteiger partial charge in [0, 0.05) is 66.7 Å². The summed E-state index contributed by atoms with van der Waals surface area (Å²) >= 11 is 6.26. The number of aromatic nitrogens is 5. The summed E-state index contributed by atoms with van der Waals surface area (Å²) in [6, 6.07) is 16.1. The van der Waals surface area contributed by atoms with Gasteiger partial charge in [-0.15, -0.1) is 0 Å². The number of ether oxygens (including phenoxy) is 1. The van der Waals surface area contributed by atoms with Crippen LogP contribution < -0.4 is 10.1 Å². The first-order chi connectivity index (χ1) is 22.2. The van der Waals surface area contributed by atoms with Crippen LogP contribution in [0.25, 0.3) is 16.9 Å². The third kappa shape index (κ3) is 5.45. The molecule has 0 saturated carbocycles. The number of hydrogen-bond donors (Lipinski definition) is 1. The van der Waals surface area contributed by atoms with Gasteiger partial charge < -0.3 is 19.9 Å². The number of anilines is 1. The number of rotatable bonds is 8. The number of nitrogens with zero attached hydrogens (tertiary/aromatic N) is 7. The van der Waals surface area contributed by atoms with E-state index in [1.165, 1.54) is 51.6 Å². The molecular weight excluding hydrogens is 618 g/mol. The summed E-state index contributed by atoms with van der Waals surface area (Å²) in [4.78, 5) is 35.6. The molecule has 2 aromatic carbocycles. The van der Waals surface area contributed by atoms with Crippen molar-refractivity contribution in [1.29, 1.82) is 0 Å². The molecule has 0 bridgehead atoms. The van der Waals surface area contributed by atoms with Crippen molar-refractivity contribution in [3.8, 4) is 17.0 Å². The summed E-state index contributed by atoms with van der Waals surface area (Å²) in [5, 5.41) is 11.8. The number of likely N-dealkylation sites (tertiary alicyclic amines) is 2. The van der Waals surface area contributed by atoms with Crippen LogP contribution in [0.2, 0.25) is 5.02 Å². The third-order valence-corrected chi connectivity index (χ3v) is 8.96. The Morgan fingerprint density at radius 1 is 1.13 bits per heavy atom. The average molecular weight is 647 g/mol. The highest BCUT2D eigenvalue weighted by Gasteiger charge is 2.53. The first kappa shape index (κ1) is 29.8. The van der Waals surface area contributed by atoms with E-state index >= 15 is 0 Å². The van der Waals surface area contributed by atoms with Crippen LogP contribution in [-0.2, 0) is 16.8 Å². The van der Waals surface area contributed by atoms with E-state index < -0.39 is 12.5 Å². The maximum absolute atomic E-state index is 13.8. The SMILES string of the molecule is CN1C[C@@H]2CN(C(=O)Cn3cc(NC(=O)c4cnn5cccnc45)c(-c4cc(Cl)ccc4OC(F)F)n3)C[C@]2(c2ccccc2)C1. The Kier molecular flexibility index (Phi) is 7.65. The highest BCUT2D eigenvalue weighted by Crippen LogP contribution is 2.44. The van der Waals surface area contributed by atoms with E-state index in [1.54, 1.807) is 12.3 Å². The maximum atomic E-state index is 13.8. The molecule has 3 aromatic heterocycles. The minimum atomic E-state index is -3.11. The van der Waals surface area contributed by atoms with Crippen molar-refractivity contribution < 1.29 is 23.1 Å². The molecule has 0 unspecified atom stereocenters. The van der Waals surface area contributed by atoms with E-state index in [2.05, 4.69) is 44.6 Å². The smallest absolute Gasteiger partial charge is 0.387 e. The van der Waals surface area contributed by atoms with Gasteiger partial charge >= 0.3 is 6.61 Å². The van der Waals surface area contributed by atoms with E-state index in [0.29, 0.717) is 18.7 Å². The number of likely N-dealkylation sites (N-methyl/N-ethyl adjacent to an activating group) is 1. The molecule has 2 aliphatic rings. The Hall–Kier alpha value is -4.88. The van der Waals surface area contributed by atoms with Crippen LogP contribution in [-0.4, -0.2) is 85.8 Å². The van der Waals surface area contributed by atoms with Crippen LogP contribution in [0.5, 0.6) is 5.75 Å². The summed E-state index contributed by atoms with van der Waals surface area (Å²) in [7, 11) is 2.10. The normalized spacial score (nSPS) is 19.6. The summed E-state index contributed by atoms with van der Waals surface area (Å²) in [5.41, 5.74) is 1.93. The molecule has 0 radical (unpaired) electrons. The van der Waals surface area contributed by atoms with E-state index in [-0.39, 0.29) is 57.1 Å². The van der Waals surface area contributed by atoms with Gasteiger partial charge in [-0.3, -0.25) is 14.3 Å². The van der Waals surface area contributed by atoms with E-state index in [0.717, 1.165) is 13.1 Å². The zero-order valence-electron chi connectivity index (χ0n) is 24.7. The number of nitrogens with one attached hydrogen (secondary N) is 1. The summed E-state index contributed by atoms with van der Waals surface area (Å²) in [6.07, 6.45) is 6.06. The van der Waals surface area contributed by atoms with Crippen LogP contribution in [0.1, 0.15) is 15.9 Å². The van der Waals surface area contributed by atoms with Crippen molar-refractivity contribution in [2.24, 2.45) is 5.92 Å². The molecule has 1 N–H and O–H groups in total. The van der Waals surface area contributed by atoms with Gasteiger partial charge in [-0.05, 0) is 36.9 Å². The highest BCUT2D eigenvalue weighted by molar-refractivity contribution is 6.31. The molecule has 0 aliphatic carbocycles. The maximum Gasteiger partial charge on any atom is 0.387 e. The van der Waals surface area contributed by atoms with E-state index in [9.17, 15) is 18.4 Å². The fourth-order valence-electron chi connectivity index (χ4n) is 6.78. The molecule has 11 nitrogen and oxygen atoms in total. The number of fused-ring (bicyclic) bond motifs is 2. The van der Waals surface area contributed by atoms with Crippen LogP contribution >= 0.6 is 11.6 Å². The molecule has 2 amide bonds. The van der Waals surface area contributed by atoms with Crippen LogP contribution in [0.3, 0.4) is 0 Å². The largest absolute Gasteiger partial charge is 0.434 e. The van der Waals surface area contributed by atoms with E-state index in [4.69, 9.17) is 16.3 Å². The van der Waals surface area contributed by atoms with Gasteiger partial charge in [0.25, 0.3) is 5.91 Å². The number of amides is 2. The lowest BCUT2D eigenvalue weighted by Crippen LogP contribution is -2.40. The van der Waals surface area contributed by atoms with Crippen molar-refractivity contribution in [1.82, 2.24) is 34.2 Å². The standard InChI is InChI=1S/C32H29ClF2N8O3/c1-40-14-21-15-41(19-32(21,18-40)20-6-3-2-4-7-20)27(44)17-42-16-25(38-30(45)24-13-37-43-11-5-10-36-29(24)43)28(39-42)23-12-22(33)8-9-26(23)46-31(34)35/h2-13,16,21,31H,14-15,17-19H2,1H3,(H,38,45)/t21-,32+/m1/s1. The zero-order chi connectivity index (χ0) is 32.0. The monoisotopic (exact) mass is 646 g/mol. The second-order valence-electron chi connectivity index (χ2n) is 11.7. The Morgan fingerprint density at radius 3 is 2.76 bits per heavy atom. The highest BCUT2D eigenvalue weighted by atomic mass is 35.5. The predicted octanol–water partition coefficient (Wildman–Crippen LogP) is 4.44. The lowest BCUT2D eigenvalue weighted by molar-refractivity contribution is -0.131. The first-order valence-corrected chi connectivity index (χ1v) is 15.0. The molecule has 2 fully saturated rings. The van der Waals surface area contributed by atoms with Gasteiger partial charge in [-0.1, -0.05) is 41.9 Å². The Bertz CT molecular complexity index is 1930. The minimum Gasteiger partial charge on any atom is -0.434 e. The van der Waals surface area contributed by atoms with Crippen molar-refractivity contribution in [2.45, 2.75) is 18.6 Å². The van der Waals surface area contributed by atoms with Gasteiger partial charge in [0.15, 0.2) is 5.65 Å². The number of carbonyl (C=O) groups is 2. The zero-order valence-corrected chi connectivity index (χ0v) is 25.4. The molecule has 2 saturated heterocycles. The molecule has 14 heteroatoms. The molecular formula is C32H29ClF2N8O3. The molecule has 0 spiro atoms. The third-order valence-electron chi connectivity index (χ3n) is 8.72. The first-order valence-electron chi connectivity index (χ1n) is 14.6. The fraction of sp³-hybridized carbons (Fsp3) is 0.281. The van der Waals surface area contributed by atoms with Crippen molar-refractivity contribution in [3.05, 3.63) is 95.5 Å². The quantitative estimate of drug-likeness (QED) is 0.265. The second-order valence-corrected chi connectivity index (χ2v) is 12.1. The van der Waals surface area contributed by atoms with Gasteiger partial charge in [-0.2, -0.15) is 19.0 Å². The molecule has 7 rings (SSSR count). The van der Waals surface area contributed by atoms with Gasteiger partial charge in [0.1, 0.15) is 23.6 Å². The predicted molar refractivity (Wildman–Crippen MR) is 166 cm³/mol. The number of halogens is 3. The van der Waals surface area contributed by atoms with Crippen molar-refractivity contribution >= 4 is 34.7 Å². The Balaban J connectivity index is 1.20. The molecule has 5 heterocycles. The minimum absolute atomic E-state index is 0.101.